The Balaban J connectivity index is 1.74. The lowest BCUT2D eigenvalue weighted by molar-refractivity contribution is -0.0176. The Kier molecular flexibility index (Phi) is 4.76. The van der Waals surface area contributed by atoms with Gasteiger partial charge in [-0.25, -0.2) is 4.39 Å². The van der Waals surface area contributed by atoms with Crippen molar-refractivity contribution in [2.24, 2.45) is 0 Å². The first kappa shape index (κ1) is 15.5. The Hall–Kier alpha value is -1.43. The molecule has 2 aromatic rings. The number of nitrogens with zero attached hydrogens (tertiary/aromatic N) is 1. The van der Waals surface area contributed by atoms with Gasteiger partial charge in [0, 0.05) is 28.7 Å². The first-order valence-electron chi connectivity index (χ1n) is 7.06. The minimum atomic E-state index is -0.250. The molecule has 0 aromatic heterocycles. The molecule has 3 rings (SSSR count). The maximum atomic E-state index is 13.7. The Labute approximate surface area is 137 Å². The van der Waals surface area contributed by atoms with Crippen LogP contribution in [-0.4, -0.2) is 18.7 Å². The van der Waals surface area contributed by atoms with E-state index in [1.165, 1.54) is 11.6 Å². The molecule has 2 aromatic carbocycles. The second kappa shape index (κ2) is 6.77. The van der Waals surface area contributed by atoms with Crippen molar-refractivity contribution in [3.63, 3.8) is 0 Å². The van der Waals surface area contributed by atoms with Gasteiger partial charge in [-0.2, -0.15) is 0 Å². The van der Waals surface area contributed by atoms with E-state index in [-0.39, 0.29) is 12.6 Å². The SMILES string of the molecule is CN(Cc1ccc(Br)cc1)Cc1cc(F)cc2c1OCOC2. The molecule has 1 heterocycles. The second-order valence-corrected chi connectivity index (χ2v) is 6.38. The molecule has 0 N–H and O–H groups in total. The standard InChI is InChI=1S/C17H17BrFNO2/c1-20(8-12-2-4-15(18)5-3-12)9-13-6-16(19)7-14-10-21-11-22-17(13)14/h2-7H,8-11H2,1H3. The van der Waals surface area contributed by atoms with Crippen LogP contribution in [0.4, 0.5) is 4.39 Å². The van der Waals surface area contributed by atoms with Crippen LogP contribution < -0.4 is 4.74 Å². The molecule has 116 valence electrons. The molecule has 0 amide bonds. The van der Waals surface area contributed by atoms with Crippen LogP contribution in [-0.2, 0) is 24.4 Å². The van der Waals surface area contributed by atoms with Gasteiger partial charge in [-0.15, -0.1) is 0 Å². The lowest BCUT2D eigenvalue weighted by Gasteiger charge is -2.23. The Morgan fingerprint density at radius 1 is 1.18 bits per heavy atom. The summed E-state index contributed by atoms with van der Waals surface area (Å²) < 4.78 is 25.6. The smallest absolute Gasteiger partial charge is 0.189 e. The molecule has 0 saturated carbocycles. The van der Waals surface area contributed by atoms with Gasteiger partial charge in [0.25, 0.3) is 0 Å². The minimum Gasteiger partial charge on any atom is -0.467 e. The van der Waals surface area contributed by atoms with Gasteiger partial charge in [0.15, 0.2) is 6.79 Å². The van der Waals surface area contributed by atoms with Crippen LogP contribution in [0.3, 0.4) is 0 Å². The summed E-state index contributed by atoms with van der Waals surface area (Å²) in [6.45, 7) is 2.03. The van der Waals surface area contributed by atoms with Gasteiger partial charge in [0.2, 0.25) is 0 Å². The molecular formula is C17H17BrFNO2. The molecule has 5 heteroatoms. The summed E-state index contributed by atoms with van der Waals surface area (Å²) in [6, 6.07) is 11.2. The number of halogens is 2. The van der Waals surface area contributed by atoms with Crippen LogP contribution >= 0.6 is 15.9 Å². The number of rotatable bonds is 4. The van der Waals surface area contributed by atoms with Gasteiger partial charge >= 0.3 is 0 Å². The van der Waals surface area contributed by atoms with E-state index in [4.69, 9.17) is 9.47 Å². The highest BCUT2D eigenvalue weighted by atomic mass is 79.9. The summed E-state index contributed by atoms with van der Waals surface area (Å²) in [7, 11) is 2.01. The zero-order chi connectivity index (χ0) is 15.5. The van der Waals surface area contributed by atoms with Crippen LogP contribution in [0.15, 0.2) is 40.9 Å². The van der Waals surface area contributed by atoms with E-state index in [1.807, 2.05) is 19.2 Å². The molecule has 0 spiro atoms. The van der Waals surface area contributed by atoms with Crippen molar-refractivity contribution in [2.75, 3.05) is 13.8 Å². The predicted octanol–water partition coefficient (Wildman–Crippen LogP) is 4.09. The fourth-order valence-electron chi connectivity index (χ4n) is 2.62. The van der Waals surface area contributed by atoms with Crippen LogP contribution in [0.25, 0.3) is 0 Å². The zero-order valence-electron chi connectivity index (χ0n) is 12.3. The van der Waals surface area contributed by atoms with Crippen molar-refractivity contribution in [3.8, 4) is 5.75 Å². The van der Waals surface area contributed by atoms with E-state index in [2.05, 4.69) is 33.0 Å². The highest BCUT2D eigenvalue weighted by Gasteiger charge is 2.18. The van der Waals surface area contributed by atoms with Crippen LogP contribution in [0, 0.1) is 5.82 Å². The molecule has 0 unspecified atom stereocenters. The third-order valence-electron chi connectivity index (χ3n) is 3.56. The molecule has 0 aliphatic carbocycles. The Morgan fingerprint density at radius 3 is 2.73 bits per heavy atom. The molecular weight excluding hydrogens is 349 g/mol. The topological polar surface area (TPSA) is 21.7 Å². The summed E-state index contributed by atoms with van der Waals surface area (Å²) in [6.07, 6.45) is 0. The summed E-state index contributed by atoms with van der Waals surface area (Å²) in [5.41, 5.74) is 2.84. The maximum absolute atomic E-state index is 13.7. The molecule has 0 atom stereocenters. The van der Waals surface area contributed by atoms with E-state index in [0.717, 1.165) is 27.9 Å². The molecule has 3 nitrogen and oxygen atoms in total. The molecule has 22 heavy (non-hydrogen) atoms. The van der Waals surface area contributed by atoms with Gasteiger partial charge < -0.3 is 9.47 Å². The fourth-order valence-corrected chi connectivity index (χ4v) is 2.89. The Bertz CT molecular complexity index is 660. The minimum absolute atomic E-state index is 0.224. The summed E-state index contributed by atoms with van der Waals surface area (Å²) in [5.74, 6) is 0.509. The third-order valence-corrected chi connectivity index (χ3v) is 4.09. The van der Waals surface area contributed by atoms with E-state index in [1.54, 1.807) is 6.07 Å². The molecule has 1 aliphatic rings. The van der Waals surface area contributed by atoms with Crippen LogP contribution in [0.1, 0.15) is 16.7 Å². The van der Waals surface area contributed by atoms with E-state index < -0.39 is 0 Å². The molecule has 1 aliphatic heterocycles. The molecule has 0 fully saturated rings. The number of hydrogen-bond donors (Lipinski definition) is 0. The number of ether oxygens (including phenoxy) is 2. The summed E-state index contributed by atoms with van der Waals surface area (Å²) in [5, 5.41) is 0. The first-order valence-corrected chi connectivity index (χ1v) is 7.86. The van der Waals surface area contributed by atoms with Gasteiger partial charge in [-0.3, -0.25) is 4.90 Å². The normalized spacial score (nSPS) is 13.8. The average Bonchev–Trinajstić information content (AvgIpc) is 2.49. The van der Waals surface area contributed by atoms with Crippen molar-refractivity contribution in [3.05, 3.63) is 63.4 Å². The zero-order valence-corrected chi connectivity index (χ0v) is 13.9. The summed E-state index contributed by atoms with van der Waals surface area (Å²) in [4.78, 5) is 2.14. The van der Waals surface area contributed by atoms with Crippen molar-refractivity contribution in [2.45, 2.75) is 19.7 Å². The summed E-state index contributed by atoms with van der Waals surface area (Å²) >= 11 is 3.43. The monoisotopic (exact) mass is 365 g/mol. The van der Waals surface area contributed by atoms with Gasteiger partial charge in [0.05, 0.1) is 6.61 Å². The lowest BCUT2D eigenvalue weighted by atomic mass is 10.1. The van der Waals surface area contributed by atoms with Crippen molar-refractivity contribution < 1.29 is 13.9 Å². The highest BCUT2D eigenvalue weighted by Crippen LogP contribution is 2.30. The average molecular weight is 366 g/mol. The number of benzene rings is 2. The fraction of sp³-hybridized carbons (Fsp3) is 0.294. The van der Waals surface area contributed by atoms with Crippen LogP contribution in [0.2, 0.25) is 0 Å². The molecule has 0 radical (unpaired) electrons. The predicted molar refractivity (Wildman–Crippen MR) is 86.0 cm³/mol. The van der Waals surface area contributed by atoms with E-state index in [0.29, 0.717) is 13.2 Å². The van der Waals surface area contributed by atoms with E-state index in [9.17, 15) is 4.39 Å². The van der Waals surface area contributed by atoms with Gasteiger partial charge in [-0.05, 0) is 36.9 Å². The molecule has 0 saturated heterocycles. The first-order chi connectivity index (χ1) is 10.6. The quantitative estimate of drug-likeness (QED) is 0.814. The second-order valence-electron chi connectivity index (χ2n) is 5.46. The van der Waals surface area contributed by atoms with Crippen molar-refractivity contribution in [1.82, 2.24) is 4.90 Å². The van der Waals surface area contributed by atoms with E-state index >= 15 is 0 Å². The highest BCUT2D eigenvalue weighted by molar-refractivity contribution is 9.10. The number of hydrogen-bond acceptors (Lipinski definition) is 3. The lowest BCUT2D eigenvalue weighted by Crippen LogP contribution is -2.20. The molecule has 0 bridgehead atoms. The van der Waals surface area contributed by atoms with Gasteiger partial charge in [-0.1, -0.05) is 28.1 Å². The third kappa shape index (κ3) is 3.66. The van der Waals surface area contributed by atoms with Crippen molar-refractivity contribution in [1.29, 1.82) is 0 Å². The van der Waals surface area contributed by atoms with Gasteiger partial charge in [0.1, 0.15) is 11.6 Å². The largest absolute Gasteiger partial charge is 0.467 e. The Morgan fingerprint density at radius 2 is 1.95 bits per heavy atom. The maximum Gasteiger partial charge on any atom is 0.189 e. The van der Waals surface area contributed by atoms with Crippen molar-refractivity contribution >= 4 is 15.9 Å². The number of fused-ring (bicyclic) bond motifs is 1. The van der Waals surface area contributed by atoms with Crippen LogP contribution in [0.5, 0.6) is 5.75 Å².